The van der Waals surface area contributed by atoms with Crippen molar-refractivity contribution in [3.63, 3.8) is 0 Å². The largest absolute Gasteiger partial charge is 0.328 e. The number of carbonyl (C=O) groups excluding carboxylic acids is 2. The van der Waals surface area contributed by atoms with E-state index >= 15 is 0 Å². The first kappa shape index (κ1) is 21.7. The van der Waals surface area contributed by atoms with Gasteiger partial charge in [-0.05, 0) is 43.4 Å². The van der Waals surface area contributed by atoms with E-state index in [0.29, 0.717) is 5.02 Å². The molecule has 0 radical (unpaired) electrons. The average Bonchev–Trinajstić information content (AvgIpc) is 3.00. The molecule has 164 valence electrons. The molecule has 0 unspecified atom stereocenters. The highest BCUT2D eigenvalue weighted by Crippen LogP contribution is 2.36. The van der Waals surface area contributed by atoms with E-state index in [1.165, 1.54) is 32.1 Å². The van der Waals surface area contributed by atoms with Crippen molar-refractivity contribution >= 4 is 23.4 Å². The number of nitrogens with zero attached hydrogens (tertiary/aromatic N) is 2. The smallest absolute Gasteiger partial charge is 0.250 e. The Bertz CT molecular complexity index is 719. The molecule has 1 aromatic rings. The van der Waals surface area contributed by atoms with Gasteiger partial charge < -0.3 is 9.80 Å². The lowest BCUT2D eigenvalue weighted by molar-refractivity contribution is -0.162. The Balaban J connectivity index is 1.65. The normalized spacial score (nSPS) is 25.7. The zero-order valence-electron chi connectivity index (χ0n) is 18.0. The van der Waals surface area contributed by atoms with Crippen LogP contribution in [0.3, 0.4) is 0 Å². The van der Waals surface area contributed by atoms with E-state index in [0.717, 1.165) is 56.9 Å². The monoisotopic (exact) mass is 430 g/mol. The van der Waals surface area contributed by atoms with Crippen LogP contribution < -0.4 is 0 Å². The molecule has 1 heterocycles. The molecule has 5 heteroatoms. The van der Waals surface area contributed by atoms with Crippen molar-refractivity contribution in [2.24, 2.45) is 0 Å². The molecule has 1 aromatic carbocycles. The SMILES string of the molecule is O=C1[C@@H](c2ccc(Cl)cc2)N(C2CCCCCCC2)C(=O)CN1C1CCCCCC1. The second kappa shape index (κ2) is 10.2. The summed E-state index contributed by atoms with van der Waals surface area (Å²) in [5, 5.41) is 0.659. The van der Waals surface area contributed by atoms with E-state index in [1.54, 1.807) is 0 Å². The first-order chi connectivity index (χ1) is 14.6. The maximum Gasteiger partial charge on any atom is 0.250 e. The third-order valence-electron chi connectivity index (χ3n) is 7.31. The van der Waals surface area contributed by atoms with Crippen molar-refractivity contribution in [2.45, 2.75) is 102 Å². The van der Waals surface area contributed by atoms with Crippen LogP contribution in [0.25, 0.3) is 0 Å². The number of amides is 2. The van der Waals surface area contributed by atoms with Crippen LogP contribution in [0.4, 0.5) is 0 Å². The van der Waals surface area contributed by atoms with Crippen LogP contribution in [0.5, 0.6) is 0 Å². The molecule has 4 nitrogen and oxygen atoms in total. The fourth-order valence-electron chi connectivity index (χ4n) is 5.68. The summed E-state index contributed by atoms with van der Waals surface area (Å²) >= 11 is 6.13. The van der Waals surface area contributed by atoms with Crippen molar-refractivity contribution in [3.05, 3.63) is 34.9 Å². The Labute approximate surface area is 185 Å². The molecule has 0 bridgehead atoms. The van der Waals surface area contributed by atoms with Gasteiger partial charge >= 0.3 is 0 Å². The Kier molecular flexibility index (Phi) is 7.35. The molecular weight excluding hydrogens is 396 g/mol. The maximum absolute atomic E-state index is 13.9. The van der Waals surface area contributed by atoms with Gasteiger partial charge in [-0.3, -0.25) is 9.59 Å². The van der Waals surface area contributed by atoms with Gasteiger partial charge in [-0.15, -0.1) is 0 Å². The number of piperazine rings is 1. The predicted molar refractivity (Wildman–Crippen MR) is 120 cm³/mol. The minimum Gasteiger partial charge on any atom is -0.328 e. The molecule has 2 aliphatic carbocycles. The van der Waals surface area contributed by atoms with Crippen molar-refractivity contribution in [1.82, 2.24) is 9.80 Å². The van der Waals surface area contributed by atoms with Gasteiger partial charge in [0, 0.05) is 17.1 Å². The summed E-state index contributed by atoms with van der Waals surface area (Å²) in [6.07, 6.45) is 14.9. The van der Waals surface area contributed by atoms with Crippen LogP contribution in [0.2, 0.25) is 5.02 Å². The average molecular weight is 431 g/mol. The van der Waals surface area contributed by atoms with Gasteiger partial charge in [-0.25, -0.2) is 0 Å². The highest BCUT2D eigenvalue weighted by Gasteiger charge is 2.45. The molecule has 0 aromatic heterocycles. The molecule has 1 atom stereocenters. The zero-order chi connectivity index (χ0) is 20.9. The molecule has 1 aliphatic heterocycles. The highest BCUT2D eigenvalue weighted by molar-refractivity contribution is 6.30. The number of carbonyl (C=O) groups is 2. The van der Waals surface area contributed by atoms with Gasteiger partial charge in [0.1, 0.15) is 12.6 Å². The van der Waals surface area contributed by atoms with E-state index in [9.17, 15) is 9.59 Å². The van der Waals surface area contributed by atoms with Crippen LogP contribution in [0, 0.1) is 0 Å². The van der Waals surface area contributed by atoms with Crippen LogP contribution in [-0.2, 0) is 9.59 Å². The fourth-order valence-corrected chi connectivity index (χ4v) is 5.81. The number of hydrogen-bond acceptors (Lipinski definition) is 2. The third-order valence-corrected chi connectivity index (χ3v) is 7.56. The van der Waals surface area contributed by atoms with Crippen LogP contribution in [0.1, 0.15) is 95.1 Å². The van der Waals surface area contributed by atoms with Crippen molar-refractivity contribution in [2.75, 3.05) is 6.54 Å². The topological polar surface area (TPSA) is 40.6 Å². The molecule has 2 saturated carbocycles. The molecule has 0 N–H and O–H groups in total. The summed E-state index contributed by atoms with van der Waals surface area (Å²) in [6.45, 7) is 0.254. The summed E-state index contributed by atoms with van der Waals surface area (Å²) in [4.78, 5) is 31.3. The number of hydrogen-bond donors (Lipinski definition) is 0. The number of rotatable bonds is 3. The first-order valence-corrected chi connectivity index (χ1v) is 12.4. The van der Waals surface area contributed by atoms with Gasteiger partial charge in [0.05, 0.1) is 0 Å². The van der Waals surface area contributed by atoms with Crippen LogP contribution in [-0.4, -0.2) is 40.2 Å². The quantitative estimate of drug-likeness (QED) is 0.561. The Morgan fingerprint density at radius 2 is 1.20 bits per heavy atom. The first-order valence-electron chi connectivity index (χ1n) is 12.0. The Hall–Kier alpha value is -1.55. The minimum absolute atomic E-state index is 0.117. The fraction of sp³-hybridized carbons (Fsp3) is 0.680. The van der Waals surface area contributed by atoms with Gasteiger partial charge in [0.15, 0.2) is 0 Å². The molecule has 2 amide bonds. The van der Waals surface area contributed by atoms with Crippen LogP contribution >= 0.6 is 11.6 Å². The lowest BCUT2D eigenvalue weighted by Gasteiger charge is -2.47. The second-order valence-corrected chi connectivity index (χ2v) is 9.80. The predicted octanol–water partition coefficient (Wildman–Crippen LogP) is 5.89. The molecule has 1 saturated heterocycles. The van der Waals surface area contributed by atoms with Gasteiger partial charge in [-0.2, -0.15) is 0 Å². The standard InChI is InChI=1S/C25H35ClN2O2/c26-20-16-14-19(15-17-20)24-25(30)27(21-10-6-4-5-7-11-21)18-23(29)28(24)22-12-8-2-1-3-9-13-22/h14-17,21-22,24H,1-13,18H2/t24-/m1/s1. The Morgan fingerprint density at radius 1 is 0.700 bits per heavy atom. The lowest BCUT2D eigenvalue weighted by Crippen LogP contribution is -2.60. The molecule has 0 spiro atoms. The highest BCUT2D eigenvalue weighted by atomic mass is 35.5. The van der Waals surface area contributed by atoms with Gasteiger partial charge in [0.25, 0.3) is 5.91 Å². The van der Waals surface area contributed by atoms with E-state index in [1.807, 2.05) is 34.1 Å². The van der Waals surface area contributed by atoms with Crippen LogP contribution in [0.15, 0.2) is 24.3 Å². The summed E-state index contributed by atoms with van der Waals surface area (Å²) in [5.74, 6) is 0.246. The molecule has 4 rings (SSSR count). The van der Waals surface area contributed by atoms with Gasteiger partial charge in [-0.1, -0.05) is 81.5 Å². The Morgan fingerprint density at radius 3 is 1.77 bits per heavy atom. The van der Waals surface area contributed by atoms with E-state index in [4.69, 9.17) is 11.6 Å². The molecular formula is C25H35ClN2O2. The van der Waals surface area contributed by atoms with E-state index in [-0.39, 0.29) is 30.4 Å². The summed E-state index contributed by atoms with van der Waals surface area (Å²) < 4.78 is 0. The maximum atomic E-state index is 13.9. The summed E-state index contributed by atoms with van der Waals surface area (Å²) in [7, 11) is 0. The molecule has 3 fully saturated rings. The van der Waals surface area contributed by atoms with E-state index in [2.05, 4.69) is 0 Å². The van der Waals surface area contributed by atoms with Crippen molar-refractivity contribution < 1.29 is 9.59 Å². The molecule has 3 aliphatic rings. The van der Waals surface area contributed by atoms with E-state index < -0.39 is 6.04 Å². The third kappa shape index (κ3) is 4.85. The van der Waals surface area contributed by atoms with Crippen molar-refractivity contribution in [3.8, 4) is 0 Å². The zero-order valence-corrected chi connectivity index (χ0v) is 18.8. The van der Waals surface area contributed by atoms with Crippen molar-refractivity contribution in [1.29, 1.82) is 0 Å². The minimum atomic E-state index is -0.504. The molecule has 30 heavy (non-hydrogen) atoms. The number of halogens is 1. The summed E-state index contributed by atoms with van der Waals surface area (Å²) in [5.41, 5.74) is 0.901. The van der Waals surface area contributed by atoms with Gasteiger partial charge in [0.2, 0.25) is 5.91 Å². The summed E-state index contributed by atoms with van der Waals surface area (Å²) in [6, 6.07) is 7.42. The lowest BCUT2D eigenvalue weighted by atomic mass is 9.90. The second-order valence-electron chi connectivity index (χ2n) is 9.37. The number of benzene rings is 1.